The molecule has 7 heteroatoms. The fourth-order valence-corrected chi connectivity index (χ4v) is 2.81. The highest BCUT2D eigenvalue weighted by Crippen LogP contribution is 2.25. The van der Waals surface area contributed by atoms with Crippen LogP contribution in [0.1, 0.15) is 10.5 Å². The maximum atomic E-state index is 12.6. The Morgan fingerprint density at radius 1 is 0.893 bits per heavy atom. The van der Waals surface area contributed by atoms with E-state index < -0.39 is 0 Å². The number of aromatic nitrogens is 3. The molecule has 0 atom stereocenters. The lowest BCUT2D eigenvalue weighted by Crippen LogP contribution is -2.15. The lowest BCUT2D eigenvalue weighted by atomic mass is 10.2. The molecule has 0 aliphatic heterocycles. The minimum Gasteiger partial charge on any atom is -0.495 e. The summed E-state index contributed by atoms with van der Waals surface area (Å²) in [4.78, 5) is 25.5. The predicted octanol–water partition coefficient (Wildman–Crippen LogP) is 4.03. The van der Waals surface area contributed by atoms with Crippen molar-refractivity contribution in [1.82, 2.24) is 15.0 Å². The number of fused-ring (bicyclic) bond motifs is 1. The molecule has 4 aromatic rings. The molecule has 0 bridgehead atoms. The molecule has 138 valence electrons. The summed E-state index contributed by atoms with van der Waals surface area (Å²) in [6.45, 7) is 0. The number of amides is 1. The van der Waals surface area contributed by atoms with Crippen LogP contribution in [-0.2, 0) is 0 Å². The van der Waals surface area contributed by atoms with E-state index in [0.717, 1.165) is 16.6 Å². The van der Waals surface area contributed by atoms with Gasteiger partial charge in [0.2, 0.25) is 5.95 Å². The first-order valence-corrected chi connectivity index (χ1v) is 8.63. The van der Waals surface area contributed by atoms with Crippen LogP contribution in [0.3, 0.4) is 0 Å². The van der Waals surface area contributed by atoms with E-state index in [1.54, 1.807) is 31.5 Å². The van der Waals surface area contributed by atoms with Gasteiger partial charge in [-0.05, 0) is 30.3 Å². The zero-order valence-corrected chi connectivity index (χ0v) is 15.1. The number of benzene rings is 2. The van der Waals surface area contributed by atoms with Crippen LogP contribution in [0.5, 0.6) is 5.75 Å². The maximum absolute atomic E-state index is 12.6. The molecule has 0 aliphatic rings. The topological polar surface area (TPSA) is 89.0 Å². The third-order valence-electron chi connectivity index (χ3n) is 4.12. The van der Waals surface area contributed by atoms with Crippen molar-refractivity contribution < 1.29 is 9.53 Å². The molecular formula is C21H17N5O2. The Labute approximate surface area is 161 Å². The summed E-state index contributed by atoms with van der Waals surface area (Å²) in [5.41, 5.74) is 2.37. The molecule has 0 aliphatic carbocycles. The number of para-hydroxylation sites is 3. The van der Waals surface area contributed by atoms with Gasteiger partial charge in [0.15, 0.2) is 0 Å². The summed E-state index contributed by atoms with van der Waals surface area (Å²) in [5, 5.41) is 6.94. The molecule has 0 fully saturated rings. The van der Waals surface area contributed by atoms with Gasteiger partial charge in [-0.1, -0.05) is 30.3 Å². The summed E-state index contributed by atoms with van der Waals surface area (Å²) >= 11 is 0. The standard InChI is InChI=1S/C21H17N5O2/c1-28-18-10-3-2-8-15(18)24-20(27)17-11-13-23-21(26-17)25-16-9-4-6-14-7-5-12-22-19(14)16/h2-13H,1H3,(H,24,27)(H,23,25,26). The van der Waals surface area contributed by atoms with Gasteiger partial charge in [-0.15, -0.1) is 0 Å². The minimum absolute atomic E-state index is 0.233. The van der Waals surface area contributed by atoms with Crippen LogP contribution >= 0.6 is 0 Å². The largest absolute Gasteiger partial charge is 0.495 e. The van der Waals surface area contributed by atoms with E-state index in [2.05, 4.69) is 25.6 Å². The Morgan fingerprint density at radius 3 is 2.61 bits per heavy atom. The number of carbonyl (C=O) groups excluding carboxylic acids is 1. The molecule has 28 heavy (non-hydrogen) atoms. The quantitative estimate of drug-likeness (QED) is 0.551. The zero-order chi connectivity index (χ0) is 19.3. The molecule has 0 saturated heterocycles. The second kappa shape index (κ2) is 7.71. The number of anilines is 3. The van der Waals surface area contributed by atoms with Gasteiger partial charge in [0.25, 0.3) is 5.91 Å². The predicted molar refractivity (Wildman–Crippen MR) is 108 cm³/mol. The van der Waals surface area contributed by atoms with Gasteiger partial charge in [-0.2, -0.15) is 0 Å². The lowest BCUT2D eigenvalue weighted by Gasteiger charge is -2.11. The van der Waals surface area contributed by atoms with E-state index >= 15 is 0 Å². The fraction of sp³-hybridized carbons (Fsp3) is 0.0476. The van der Waals surface area contributed by atoms with Crippen LogP contribution in [0.4, 0.5) is 17.3 Å². The van der Waals surface area contributed by atoms with Crippen LogP contribution in [0.25, 0.3) is 10.9 Å². The van der Waals surface area contributed by atoms with Crippen LogP contribution in [0, 0.1) is 0 Å². The van der Waals surface area contributed by atoms with Crippen molar-refractivity contribution in [2.45, 2.75) is 0 Å². The second-order valence-corrected chi connectivity index (χ2v) is 5.93. The monoisotopic (exact) mass is 371 g/mol. The normalized spacial score (nSPS) is 10.5. The van der Waals surface area contributed by atoms with Crippen molar-refractivity contribution in [3.63, 3.8) is 0 Å². The molecule has 0 unspecified atom stereocenters. The molecule has 0 saturated carbocycles. The first kappa shape index (κ1) is 17.4. The molecule has 4 rings (SSSR count). The zero-order valence-electron chi connectivity index (χ0n) is 15.1. The summed E-state index contributed by atoms with van der Waals surface area (Å²) in [6, 6.07) is 18.4. The van der Waals surface area contributed by atoms with Gasteiger partial charge in [0, 0.05) is 17.8 Å². The highest BCUT2D eigenvalue weighted by atomic mass is 16.5. The molecule has 2 heterocycles. The molecule has 0 radical (unpaired) electrons. The van der Waals surface area contributed by atoms with Crippen LogP contribution in [0.15, 0.2) is 73.1 Å². The lowest BCUT2D eigenvalue weighted by molar-refractivity contribution is 0.102. The van der Waals surface area contributed by atoms with Gasteiger partial charge >= 0.3 is 0 Å². The van der Waals surface area contributed by atoms with E-state index in [9.17, 15) is 4.79 Å². The SMILES string of the molecule is COc1ccccc1NC(=O)c1ccnc(Nc2cccc3cccnc23)n1. The number of ether oxygens (including phenoxy) is 1. The van der Waals surface area contributed by atoms with Crippen molar-refractivity contribution in [2.24, 2.45) is 0 Å². The number of hydrogen-bond donors (Lipinski definition) is 2. The Kier molecular flexibility index (Phi) is 4.79. The smallest absolute Gasteiger partial charge is 0.274 e. The Hall–Kier alpha value is -4.00. The third kappa shape index (κ3) is 3.59. The average molecular weight is 371 g/mol. The number of carbonyl (C=O) groups is 1. The van der Waals surface area contributed by atoms with Gasteiger partial charge < -0.3 is 15.4 Å². The van der Waals surface area contributed by atoms with Crippen molar-refractivity contribution in [1.29, 1.82) is 0 Å². The van der Waals surface area contributed by atoms with E-state index in [4.69, 9.17) is 4.74 Å². The highest BCUT2D eigenvalue weighted by Gasteiger charge is 2.12. The fourth-order valence-electron chi connectivity index (χ4n) is 2.81. The Balaban J connectivity index is 1.58. The molecule has 2 N–H and O–H groups in total. The van der Waals surface area contributed by atoms with Gasteiger partial charge in [0.05, 0.1) is 24.0 Å². The first-order chi connectivity index (χ1) is 13.7. The van der Waals surface area contributed by atoms with Crippen molar-refractivity contribution in [3.8, 4) is 5.75 Å². The van der Waals surface area contributed by atoms with E-state index in [1.165, 1.54) is 6.20 Å². The Morgan fingerprint density at radius 2 is 1.71 bits per heavy atom. The summed E-state index contributed by atoms with van der Waals surface area (Å²) < 4.78 is 5.26. The number of nitrogens with zero attached hydrogens (tertiary/aromatic N) is 3. The minimum atomic E-state index is -0.356. The number of nitrogens with one attached hydrogen (secondary N) is 2. The molecular weight excluding hydrogens is 354 g/mol. The second-order valence-electron chi connectivity index (χ2n) is 5.93. The number of pyridine rings is 1. The van der Waals surface area contributed by atoms with Crippen molar-refractivity contribution in [3.05, 3.63) is 78.8 Å². The van der Waals surface area contributed by atoms with Gasteiger partial charge in [-0.3, -0.25) is 9.78 Å². The average Bonchev–Trinajstić information content (AvgIpc) is 2.74. The van der Waals surface area contributed by atoms with Gasteiger partial charge in [-0.25, -0.2) is 9.97 Å². The van der Waals surface area contributed by atoms with Gasteiger partial charge in [0.1, 0.15) is 11.4 Å². The molecule has 7 nitrogen and oxygen atoms in total. The van der Waals surface area contributed by atoms with Crippen LogP contribution in [0.2, 0.25) is 0 Å². The van der Waals surface area contributed by atoms with Crippen LogP contribution in [-0.4, -0.2) is 28.0 Å². The highest BCUT2D eigenvalue weighted by molar-refractivity contribution is 6.03. The van der Waals surface area contributed by atoms with Crippen molar-refractivity contribution >= 4 is 34.1 Å². The third-order valence-corrected chi connectivity index (χ3v) is 4.12. The molecule has 2 aromatic carbocycles. The van der Waals surface area contributed by atoms with Crippen molar-refractivity contribution in [2.75, 3.05) is 17.7 Å². The van der Waals surface area contributed by atoms with Crippen LogP contribution < -0.4 is 15.4 Å². The van der Waals surface area contributed by atoms with E-state index in [0.29, 0.717) is 17.4 Å². The number of methoxy groups -OCH3 is 1. The molecule has 0 spiro atoms. The maximum Gasteiger partial charge on any atom is 0.274 e. The van der Waals surface area contributed by atoms with E-state index in [-0.39, 0.29) is 11.6 Å². The first-order valence-electron chi connectivity index (χ1n) is 8.63. The Bertz CT molecular complexity index is 1140. The molecule has 2 aromatic heterocycles. The number of rotatable bonds is 5. The van der Waals surface area contributed by atoms with E-state index in [1.807, 2.05) is 42.5 Å². The summed E-state index contributed by atoms with van der Waals surface area (Å²) in [5.74, 6) is 0.530. The molecule has 1 amide bonds. The summed E-state index contributed by atoms with van der Waals surface area (Å²) in [7, 11) is 1.55. The summed E-state index contributed by atoms with van der Waals surface area (Å²) in [6.07, 6.45) is 3.26. The number of hydrogen-bond acceptors (Lipinski definition) is 6.